The number of ether oxygens (including phenoxy) is 1. The monoisotopic (exact) mass is 209 g/mol. The number of aromatic hydroxyl groups is 1. The zero-order chi connectivity index (χ0) is 11.6. The Hall–Kier alpha value is -1.55. The van der Waals surface area contributed by atoms with E-state index >= 15 is 0 Å². The zero-order valence-electron chi connectivity index (χ0n) is 9.07. The van der Waals surface area contributed by atoms with Crippen LogP contribution in [0.25, 0.3) is 0 Å². The number of hydrogen-bond donors (Lipinski definition) is 2. The van der Waals surface area contributed by atoms with E-state index in [1.165, 1.54) is 13.2 Å². The molecule has 4 nitrogen and oxygen atoms in total. The Labute approximate surface area is 88.7 Å². The number of methoxy groups -OCH3 is 1. The second-order valence-electron chi connectivity index (χ2n) is 3.95. The lowest BCUT2D eigenvalue weighted by molar-refractivity contribution is 0.112. The molecule has 1 rings (SSSR count). The van der Waals surface area contributed by atoms with Crippen LogP contribution in [-0.4, -0.2) is 18.5 Å². The fourth-order valence-electron chi connectivity index (χ4n) is 1.40. The molecule has 1 aromatic rings. The van der Waals surface area contributed by atoms with E-state index in [1.54, 1.807) is 19.9 Å². The van der Waals surface area contributed by atoms with E-state index in [9.17, 15) is 9.90 Å². The molecule has 0 aliphatic carbocycles. The molecule has 82 valence electrons. The van der Waals surface area contributed by atoms with Crippen LogP contribution in [0.3, 0.4) is 0 Å². The van der Waals surface area contributed by atoms with Crippen LogP contribution in [0, 0.1) is 0 Å². The van der Waals surface area contributed by atoms with Gasteiger partial charge in [0.1, 0.15) is 0 Å². The van der Waals surface area contributed by atoms with Gasteiger partial charge in [0.15, 0.2) is 17.8 Å². The molecule has 4 heteroatoms. The van der Waals surface area contributed by atoms with Crippen LogP contribution in [0.1, 0.15) is 29.8 Å². The molecular weight excluding hydrogens is 194 g/mol. The van der Waals surface area contributed by atoms with Gasteiger partial charge in [-0.3, -0.25) is 4.79 Å². The van der Waals surface area contributed by atoms with Crippen molar-refractivity contribution in [1.29, 1.82) is 0 Å². The zero-order valence-corrected chi connectivity index (χ0v) is 9.07. The number of aldehydes is 1. The van der Waals surface area contributed by atoms with Crippen molar-refractivity contribution in [3.05, 3.63) is 23.3 Å². The Morgan fingerprint density at radius 3 is 2.47 bits per heavy atom. The maximum absolute atomic E-state index is 10.8. The Balaban J connectivity index is 3.42. The summed E-state index contributed by atoms with van der Waals surface area (Å²) >= 11 is 0. The highest BCUT2D eigenvalue weighted by Crippen LogP contribution is 2.32. The quantitative estimate of drug-likeness (QED) is 0.738. The van der Waals surface area contributed by atoms with Crippen molar-refractivity contribution in [1.82, 2.24) is 0 Å². The van der Waals surface area contributed by atoms with E-state index in [2.05, 4.69) is 0 Å². The van der Waals surface area contributed by atoms with Gasteiger partial charge in [0, 0.05) is 11.1 Å². The highest BCUT2D eigenvalue weighted by atomic mass is 16.5. The maximum Gasteiger partial charge on any atom is 0.160 e. The summed E-state index contributed by atoms with van der Waals surface area (Å²) in [6.07, 6.45) is 0.670. The van der Waals surface area contributed by atoms with Crippen LogP contribution in [0.4, 0.5) is 0 Å². The lowest BCUT2D eigenvalue weighted by Gasteiger charge is -2.22. The average Bonchev–Trinajstić information content (AvgIpc) is 2.15. The summed E-state index contributed by atoms with van der Waals surface area (Å²) in [7, 11) is 1.45. The number of phenolic OH excluding ortho intramolecular Hbond substituents is 1. The van der Waals surface area contributed by atoms with Gasteiger partial charge in [-0.15, -0.1) is 0 Å². The molecule has 15 heavy (non-hydrogen) atoms. The van der Waals surface area contributed by atoms with E-state index < -0.39 is 5.54 Å². The summed E-state index contributed by atoms with van der Waals surface area (Å²) in [5, 5.41) is 9.49. The largest absolute Gasteiger partial charge is 0.504 e. The third-order valence-corrected chi connectivity index (χ3v) is 2.17. The SMILES string of the molecule is COc1cc(C(C)(C)N)c(C=O)cc1O. The van der Waals surface area contributed by atoms with Crippen molar-refractivity contribution in [2.24, 2.45) is 5.73 Å². The standard InChI is InChI=1S/C11H15NO3/c1-11(2,12)8-5-10(15-3)9(14)4-7(8)6-13/h4-6,14H,12H2,1-3H3. The van der Waals surface area contributed by atoms with Crippen LogP contribution in [-0.2, 0) is 5.54 Å². The second kappa shape index (κ2) is 3.90. The first kappa shape index (κ1) is 11.5. The number of nitrogens with two attached hydrogens (primary N) is 1. The van der Waals surface area contributed by atoms with Crippen molar-refractivity contribution in [3.8, 4) is 11.5 Å². The molecule has 0 aromatic heterocycles. The van der Waals surface area contributed by atoms with Crippen molar-refractivity contribution >= 4 is 6.29 Å². The first-order valence-corrected chi connectivity index (χ1v) is 4.55. The summed E-state index contributed by atoms with van der Waals surface area (Å²) in [6.45, 7) is 3.57. The molecule has 0 unspecified atom stereocenters. The molecule has 0 aliphatic heterocycles. The molecule has 3 N–H and O–H groups in total. The first-order valence-electron chi connectivity index (χ1n) is 4.55. The lowest BCUT2D eigenvalue weighted by atomic mass is 9.91. The van der Waals surface area contributed by atoms with Crippen molar-refractivity contribution in [3.63, 3.8) is 0 Å². The molecule has 0 heterocycles. The predicted molar refractivity (Wildman–Crippen MR) is 57.3 cm³/mol. The fraction of sp³-hybridized carbons (Fsp3) is 0.364. The van der Waals surface area contributed by atoms with Gasteiger partial charge >= 0.3 is 0 Å². The number of carbonyl (C=O) groups excluding carboxylic acids is 1. The Bertz CT molecular complexity index is 380. The third kappa shape index (κ3) is 2.27. The van der Waals surface area contributed by atoms with Gasteiger partial charge in [0.2, 0.25) is 0 Å². The summed E-state index contributed by atoms with van der Waals surface area (Å²) in [6, 6.07) is 2.94. The molecule has 0 saturated carbocycles. The van der Waals surface area contributed by atoms with Crippen LogP contribution in [0.5, 0.6) is 11.5 Å². The van der Waals surface area contributed by atoms with Gasteiger partial charge in [-0.25, -0.2) is 0 Å². The highest BCUT2D eigenvalue weighted by molar-refractivity contribution is 5.79. The van der Waals surface area contributed by atoms with Gasteiger partial charge in [0.05, 0.1) is 7.11 Å². The summed E-state index contributed by atoms with van der Waals surface area (Å²) in [5.41, 5.74) is 6.28. The van der Waals surface area contributed by atoms with Crippen molar-refractivity contribution in [2.75, 3.05) is 7.11 Å². The second-order valence-corrected chi connectivity index (χ2v) is 3.95. The van der Waals surface area contributed by atoms with Crippen LogP contribution >= 0.6 is 0 Å². The molecule has 0 bridgehead atoms. The maximum atomic E-state index is 10.8. The summed E-state index contributed by atoms with van der Waals surface area (Å²) in [5.74, 6) is 0.252. The minimum Gasteiger partial charge on any atom is -0.504 e. The lowest BCUT2D eigenvalue weighted by Crippen LogP contribution is -2.30. The third-order valence-electron chi connectivity index (χ3n) is 2.17. The molecule has 0 fully saturated rings. The Morgan fingerprint density at radius 2 is 2.07 bits per heavy atom. The predicted octanol–water partition coefficient (Wildman–Crippen LogP) is 1.41. The van der Waals surface area contributed by atoms with Crippen LogP contribution in [0.2, 0.25) is 0 Å². The number of benzene rings is 1. The summed E-state index contributed by atoms with van der Waals surface area (Å²) < 4.78 is 4.96. The molecular formula is C11H15NO3. The van der Waals surface area contributed by atoms with E-state index in [0.29, 0.717) is 23.2 Å². The van der Waals surface area contributed by atoms with E-state index in [-0.39, 0.29) is 5.75 Å². The van der Waals surface area contributed by atoms with Crippen LogP contribution < -0.4 is 10.5 Å². The minimum atomic E-state index is -0.656. The van der Waals surface area contributed by atoms with E-state index in [0.717, 1.165) is 0 Å². The normalized spacial score (nSPS) is 11.2. The van der Waals surface area contributed by atoms with Gasteiger partial charge < -0.3 is 15.6 Å². The molecule has 0 spiro atoms. The fourth-order valence-corrected chi connectivity index (χ4v) is 1.40. The van der Waals surface area contributed by atoms with Gasteiger partial charge in [0.25, 0.3) is 0 Å². The Kier molecular flexibility index (Phi) is 3.00. The average molecular weight is 209 g/mol. The molecule has 0 saturated heterocycles. The minimum absolute atomic E-state index is 0.0624. The Morgan fingerprint density at radius 1 is 1.47 bits per heavy atom. The number of rotatable bonds is 3. The van der Waals surface area contributed by atoms with Crippen molar-refractivity contribution < 1.29 is 14.6 Å². The van der Waals surface area contributed by atoms with E-state index in [4.69, 9.17) is 10.5 Å². The number of hydrogen-bond acceptors (Lipinski definition) is 4. The molecule has 0 radical (unpaired) electrons. The van der Waals surface area contributed by atoms with Gasteiger partial charge in [-0.05, 0) is 31.5 Å². The van der Waals surface area contributed by atoms with Crippen LogP contribution in [0.15, 0.2) is 12.1 Å². The number of phenols is 1. The smallest absolute Gasteiger partial charge is 0.160 e. The van der Waals surface area contributed by atoms with E-state index in [1.807, 2.05) is 0 Å². The molecule has 1 aromatic carbocycles. The highest BCUT2D eigenvalue weighted by Gasteiger charge is 2.20. The van der Waals surface area contributed by atoms with Gasteiger partial charge in [-0.1, -0.05) is 0 Å². The molecule has 0 aliphatic rings. The summed E-state index contributed by atoms with van der Waals surface area (Å²) in [4.78, 5) is 10.8. The topological polar surface area (TPSA) is 72.5 Å². The molecule has 0 atom stereocenters. The molecule has 0 amide bonds. The first-order chi connectivity index (χ1) is 6.90. The number of carbonyl (C=O) groups is 1. The van der Waals surface area contributed by atoms with Crippen molar-refractivity contribution in [2.45, 2.75) is 19.4 Å². The van der Waals surface area contributed by atoms with Gasteiger partial charge in [-0.2, -0.15) is 0 Å².